The van der Waals surface area contributed by atoms with Crippen LogP contribution in [0.1, 0.15) is 0 Å². The maximum absolute atomic E-state index is 8.52. The Morgan fingerprint density at radius 3 is 1.50 bits per heavy atom. The van der Waals surface area contributed by atoms with E-state index < -0.39 is 0 Å². The molecule has 0 radical (unpaired) electrons. The number of rotatable bonds is 10. The van der Waals surface area contributed by atoms with Gasteiger partial charge in [0.25, 0.3) is 0 Å². The van der Waals surface area contributed by atoms with Gasteiger partial charge < -0.3 is 36.6 Å². The van der Waals surface area contributed by atoms with Gasteiger partial charge in [0.05, 0.1) is 53.7 Å². The zero-order chi connectivity index (χ0) is 11.6. The van der Waals surface area contributed by atoms with Gasteiger partial charge in [-0.15, -0.1) is 0 Å². The summed E-state index contributed by atoms with van der Waals surface area (Å²) < 4.78 is 11.2. The van der Waals surface area contributed by atoms with Crippen LogP contribution in [0.25, 0.3) is 0 Å². The van der Waals surface area contributed by atoms with Crippen molar-refractivity contribution in [2.45, 2.75) is 0 Å². The monoisotopic (exact) mass is 257 g/mol. The molecule has 0 unspecified atom stereocenters. The van der Waals surface area contributed by atoms with Crippen LogP contribution >= 0.6 is 0 Å². The van der Waals surface area contributed by atoms with E-state index in [0.717, 1.165) is 17.6 Å². The first kappa shape index (κ1) is 18.5. The molecule has 0 aromatic carbocycles. The van der Waals surface area contributed by atoms with E-state index in [1.165, 1.54) is 0 Å². The summed E-state index contributed by atoms with van der Waals surface area (Å²) in [4.78, 5) is 0. The molecule has 6 heteroatoms. The van der Waals surface area contributed by atoms with Crippen LogP contribution in [0, 0.1) is 0 Å². The molecule has 2 N–H and O–H groups in total. The quantitative estimate of drug-likeness (QED) is 0.310. The lowest BCUT2D eigenvalue weighted by Crippen LogP contribution is -3.00. The smallest absolute Gasteiger partial charge is 0.102 e. The van der Waals surface area contributed by atoms with Gasteiger partial charge in [0.2, 0.25) is 0 Å². The van der Waals surface area contributed by atoms with Crippen LogP contribution in [0.2, 0.25) is 0 Å². The van der Waals surface area contributed by atoms with E-state index in [0.29, 0.717) is 26.4 Å². The molecule has 0 bridgehead atoms. The summed E-state index contributed by atoms with van der Waals surface area (Å²) in [5.41, 5.74) is 0. The maximum Gasteiger partial charge on any atom is 0.102 e. The Kier molecular flexibility index (Phi) is 13.3. The first-order chi connectivity index (χ1) is 7.12. The molecule has 0 fully saturated rings. The molecule has 0 heterocycles. The van der Waals surface area contributed by atoms with Gasteiger partial charge in [-0.2, -0.15) is 0 Å². The minimum atomic E-state index is 0. The number of nitrogens with zero attached hydrogens (tertiary/aromatic N) is 1. The van der Waals surface area contributed by atoms with Gasteiger partial charge in [-0.1, -0.05) is 0 Å². The number of aliphatic hydroxyl groups is 2. The van der Waals surface area contributed by atoms with Gasteiger partial charge in [0.1, 0.15) is 13.1 Å². The second kappa shape index (κ2) is 11.6. The highest BCUT2D eigenvalue weighted by molar-refractivity contribution is 4.36. The van der Waals surface area contributed by atoms with Crippen molar-refractivity contribution in [3.05, 3.63) is 0 Å². The van der Waals surface area contributed by atoms with Crippen LogP contribution in [0.3, 0.4) is 0 Å². The zero-order valence-corrected chi connectivity index (χ0v) is 10.9. The molecule has 0 aromatic rings. The van der Waals surface area contributed by atoms with Crippen LogP contribution in [-0.4, -0.2) is 81.5 Å². The number of likely N-dealkylation sites (N-methyl/N-ethyl adjacent to an activating group) is 1. The van der Waals surface area contributed by atoms with Gasteiger partial charge in [-0.3, -0.25) is 0 Å². The number of aliphatic hydroxyl groups excluding tert-OH is 2. The molecule has 0 saturated heterocycles. The van der Waals surface area contributed by atoms with E-state index in [1.54, 1.807) is 0 Å². The van der Waals surface area contributed by atoms with E-state index in [9.17, 15) is 0 Å². The third-order valence-corrected chi connectivity index (χ3v) is 2.15. The summed E-state index contributed by atoms with van der Waals surface area (Å²) in [5.74, 6) is 0. The highest BCUT2D eigenvalue weighted by Crippen LogP contribution is 1.96. The lowest BCUT2D eigenvalue weighted by molar-refractivity contribution is -0.891. The van der Waals surface area contributed by atoms with E-state index in [-0.39, 0.29) is 25.6 Å². The Hall–Kier alpha value is 0.0900. The predicted molar refractivity (Wildman–Crippen MR) is 57.7 cm³/mol. The molecule has 0 atom stereocenters. The zero-order valence-electron chi connectivity index (χ0n) is 10.2. The van der Waals surface area contributed by atoms with Gasteiger partial charge in [-0.05, 0) is 0 Å². The van der Waals surface area contributed by atoms with Crippen LogP contribution in [0.4, 0.5) is 0 Å². The average Bonchev–Trinajstić information content (AvgIpc) is 2.20. The van der Waals surface area contributed by atoms with Crippen LogP contribution in [0.15, 0.2) is 0 Å². The van der Waals surface area contributed by atoms with Gasteiger partial charge in [-0.25, -0.2) is 0 Å². The first-order valence-electron chi connectivity index (χ1n) is 5.31. The molecule has 0 aromatic heterocycles. The summed E-state index contributed by atoms with van der Waals surface area (Å²) >= 11 is 0. The average molecular weight is 258 g/mol. The van der Waals surface area contributed by atoms with Crippen molar-refractivity contribution < 1.29 is 36.6 Å². The van der Waals surface area contributed by atoms with Crippen molar-refractivity contribution in [1.82, 2.24) is 0 Å². The molecule has 0 amide bonds. The minimum absolute atomic E-state index is 0. The van der Waals surface area contributed by atoms with Gasteiger partial charge >= 0.3 is 0 Å². The third kappa shape index (κ3) is 12.2. The molecule has 0 saturated carbocycles. The van der Waals surface area contributed by atoms with E-state index in [2.05, 4.69) is 14.1 Å². The second-order valence-electron chi connectivity index (χ2n) is 4.05. The molecule has 0 rings (SSSR count). The fourth-order valence-electron chi connectivity index (χ4n) is 1.07. The number of halogens is 1. The van der Waals surface area contributed by atoms with E-state index >= 15 is 0 Å². The third-order valence-electron chi connectivity index (χ3n) is 2.15. The molecule has 0 spiro atoms. The Morgan fingerprint density at radius 1 is 0.812 bits per heavy atom. The molecule has 5 nitrogen and oxygen atoms in total. The topological polar surface area (TPSA) is 58.9 Å². The van der Waals surface area contributed by atoms with Gasteiger partial charge in [0.15, 0.2) is 0 Å². The Bertz CT molecular complexity index is 133. The van der Waals surface area contributed by atoms with Crippen molar-refractivity contribution in [1.29, 1.82) is 0 Å². The van der Waals surface area contributed by atoms with Crippen molar-refractivity contribution in [3.8, 4) is 0 Å². The highest BCUT2D eigenvalue weighted by Gasteiger charge is 2.13. The molecule has 16 heavy (non-hydrogen) atoms. The summed E-state index contributed by atoms with van der Waals surface area (Å²) in [5, 5.41) is 17.0. The first-order valence-corrected chi connectivity index (χ1v) is 5.31. The number of quaternary nitrogens is 1. The minimum Gasteiger partial charge on any atom is -1.00 e. The Morgan fingerprint density at radius 2 is 1.19 bits per heavy atom. The molecular formula is C10H24ClNO4. The molecule has 100 valence electrons. The number of hydrogen-bond acceptors (Lipinski definition) is 4. The van der Waals surface area contributed by atoms with Crippen molar-refractivity contribution in [2.75, 3.05) is 66.8 Å². The Balaban J connectivity index is 0. The lowest BCUT2D eigenvalue weighted by Gasteiger charge is -2.29. The summed E-state index contributed by atoms with van der Waals surface area (Å²) in [6, 6.07) is 0. The number of hydrogen-bond donors (Lipinski definition) is 2. The lowest BCUT2D eigenvalue weighted by atomic mass is 10.4. The summed E-state index contributed by atoms with van der Waals surface area (Å²) in [6.07, 6.45) is 0. The van der Waals surface area contributed by atoms with Crippen molar-refractivity contribution in [2.24, 2.45) is 0 Å². The molecule has 0 aliphatic rings. The largest absolute Gasteiger partial charge is 1.00 e. The van der Waals surface area contributed by atoms with Gasteiger partial charge in [0, 0.05) is 0 Å². The van der Waals surface area contributed by atoms with Crippen molar-refractivity contribution in [3.63, 3.8) is 0 Å². The SMILES string of the molecule is C[N+](C)(CCOCCO)CCOCCO.[Cl-]. The standard InChI is InChI=1S/C10H24NO4.ClH/c1-11(2,3-7-14-9-5-12)4-8-15-10-6-13;/h12-13H,3-10H2,1-2H3;1H/q+1;/p-1. The normalized spacial score (nSPS) is 11.2. The van der Waals surface area contributed by atoms with Crippen molar-refractivity contribution >= 4 is 0 Å². The second-order valence-corrected chi connectivity index (χ2v) is 4.05. The van der Waals surface area contributed by atoms with E-state index in [1.807, 2.05) is 0 Å². The summed E-state index contributed by atoms with van der Waals surface area (Å²) in [7, 11) is 4.20. The summed E-state index contributed by atoms with van der Waals surface area (Å²) in [6.45, 7) is 4.04. The Labute approximate surface area is 104 Å². The molecule has 0 aliphatic heterocycles. The molecule has 0 aliphatic carbocycles. The maximum atomic E-state index is 8.52. The fourth-order valence-corrected chi connectivity index (χ4v) is 1.07. The van der Waals surface area contributed by atoms with E-state index in [4.69, 9.17) is 19.7 Å². The van der Waals surface area contributed by atoms with Crippen LogP contribution < -0.4 is 12.4 Å². The fraction of sp³-hybridized carbons (Fsp3) is 1.00. The van der Waals surface area contributed by atoms with Crippen LogP contribution in [-0.2, 0) is 9.47 Å². The number of ether oxygens (including phenoxy) is 2. The molecular weight excluding hydrogens is 234 g/mol. The predicted octanol–water partition coefficient (Wildman–Crippen LogP) is -3.92. The highest BCUT2D eigenvalue weighted by atomic mass is 35.5. The van der Waals surface area contributed by atoms with Crippen LogP contribution in [0.5, 0.6) is 0 Å².